The largest absolute Gasteiger partial charge is 0.493 e. The number of rotatable bonds is 8. The van der Waals surface area contributed by atoms with Gasteiger partial charge in [0, 0.05) is 45.9 Å². The average Bonchev–Trinajstić information content (AvgIpc) is 3.39. The molecule has 0 aliphatic carbocycles. The second kappa shape index (κ2) is 10.1. The Hall–Kier alpha value is -3.97. The minimum Gasteiger partial charge on any atom is -0.493 e. The van der Waals surface area contributed by atoms with E-state index in [9.17, 15) is 0 Å². The van der Waals surface area contributed by atoms with Gasteiger partial charge in [0.1, 0.15) is 0 Å². The molecule has 2 N–H and O–H groups in total. The van der Waals surface area contributed by atoms with Crippen molar-refractivity contribution >= 4 is 34.4 Å². The molecule has 0 fully saturated rings. The predicted octanol–water partition coefficient (Wildman–Crippen LogP) is 6.65. The molecule has 5 rings (SSSR count). The lowest BCUT2D eigenvalue weighted by Crippen LogP contribution is -2.25. The molecule has 0 aromatic heterocycles. The van der Waals surface area contributed by atoms with Crippen LogP contribution in [0.2, 0.25) is 0 Å². The molecule has 7 heteroatoms. The number of nitrogens with zero attached hydrogens (tertiary/aromatic N) is 1. The molecule has 6 nitrogen and oxygen atoms in total. The van der Waals surface area contributed by atoms with Gasteiger partial charge in [-0.05, 0) is 42.0 Å². The Balaban J connectivity index is 1.34. The number of anilines is 3. The Bertz CT molecular complexity index is 1280. The van der Waals surface area contributed by atoms with Crippen molar-refractivity contribution in [3.8, 4) is 17.2 Å². The maximum atomic E-state index is 5.46. The van der Waals surface area contributed by atoms with E-state index in [0.717, 1.165) is 22.8 Å². The third kappa shape index (κ3) is 4.81. The number of nitrogens with one attached hydrogen (secondary N) is 2. The number of hydrogen-bond acceptors (Lipinski definition) is 7. The highest BCUT2D eigenvalue weighted by molar-refractivity contribution is 8.03. The van der Waals surface area contributed by atoms with Crippen LogP contribution >= 0.6 is 11.8 Å². The summed E-state index contributed by atoms with van der Waals surface area (Å²) >= 11 is 1.86. The molecule has 2 aliphatic heterocycles. The van der Waals surface area contributed by atoms with Crippen LogP contribution in [0, 0.1) is 0 Å². The van der Waals surface area contributed by atoms with Crippen LogP contribution in [0.15, 0.2) is 95.7 Å². The van der Waals surface area contributed by atoms with Crippen molar-refractivity contribution in [2.24, 2.45) is 0 Å². The molecule has 0 spiro atoms. The van der Waals surface area contributed by atoms with Gasteiger partial charge in [0.2, 0.25) is 5.75 Å². The van der Waals surface area contributed by atoms with Gasteiger partial charge in [-0.1, -0.05) is 30.3 Å². The van der Waals surface area contributed by atoms with E-state index in [1.54, 1.807) is 21.3 Å². The Morgan fingerprint density at radius 1 is 0.800 bits per heavy atom. The number of fused-ring (bicyclic) bond motifs is 1. The highest BCUT2D eigenvalue weighted by Crippen LogP contribution is 2.41. The summed E-state index contributed by atoms with van der Waals surface area (Å²) in [5.74, 6) is 2.75. The van der Waals surface area contributed by atoms with Crippen molar-refractivity contribution in [2.45, 2.75) is 0 Å². The molecule has 178 valence electrons. The highest BCUT2D eigenvalue weighted by Gasteiger charge is 2.23. The summed E-state index contributed by atoms with van der Waals surface area (Å²) < 4.78 is 16.3. The first-order valence-electron chi connectivity index (χ1n) is 11.2. The molecule has 0 unspecified atom stereocenters. The van der Waals surface area contributed by atoms with E-state index in [2.05, 4.69) is 70.5 Å². The van der Waals surface area contributed by atoms with Crippen LogP contribution in [-0.2, 0) is 0 Å². The fourth-order valence-electron chi connectivity index (χ4n) is 4.07. The van der Waals surface area contributed by atoms with E-state index >= 15 is 0 Å². The van der Waals surface area contributed by atoms with Gasteiger partial charge in [-0.15, -0.1) is 11.8 Å². The van der Waals surface area contributed by atoms with E-state index in [0.29, 0.717) is 17.2 Å². The summed E-state index contributed by atoms with van der Waals surface area (Å²) in [6.45, 7) is 0. The lowest BCUT2D eigenvalue weighted by molar-refractivity contribution is 0.324. The number of allylic oxidation sites excluding steroid dienone is 2. The van der Waals surface area contributed by atoms with Crippen LogP contribution in [-0.4, -0.2) is 32.1 Å². The Labute approximate surface area is 209 Å². The maximum absolute atomic E-state index is 5.46. The third-order valence-electron chi connectivity index (χ3n) is 5.78. The zero-order chi connectivity index (χ0) is 24.2. The van der Waals surface area contributed by atoms with Crippen molar-refractivity contribution in [1.29, 1.82) is 0 Å². The number of benzene rings is 3. The third-order valence-corrected chi connectivity index (χ3v) is 6.75. The van der Waals surface area contributed by atoms with Crippen molar-refractivity contribution in [1.82, 2.24) is 5.01 Å². The standard InChI is InChI=1S/C28H27N3O3S/c1-32-25-16-23(17-26(33-2)28(25)34-3)29-21-9-11-22(12-10-21)30-31-18-20(19-7-5-4-6-8-19)15-27-24(31)13-14-35-27/h4-13,15-18,29-30H,14H2,1-3H3. The normalized spacial score (nSPS) is 14.4. The quantitative estimate of drug-likeness (QED) is 0.370. The Morgan fingerprint density at radius 2 is 1.49 bits per heavy atom. The summed E-state index contributed by atoms with van der Waals surface area (Å²) in [6.07, 6.45) is 6.67. The fraction of sp³-hybridized carbons (Fsp3) is 0.143. The number of ether oxygens (including phenoxy) is 3. The van der Waals surface area contributed by atoms with Gasteiger partial charge in [0.15, 0.2) is 11.5 Å². The van der Waals surface area contributed by atoms with Crippen LogP contribution in [0.4, 0.5) is 17.1 Å². The van der Waals surface area contributed by atoms with Crippen LogP contribution in [0.3, 0.4) is 0 Å². The van der Waals surface area contributed by atoms with Crippen molar-refractivity contribution in [3.05, 3.63) is 101 Å². The molecule has 3 aromatic carbocycles. The molecular formula is C28H27N3O3S. The second-order valence-corrected chi connectivity index (χ2v) is 9.02. The van der Waals surface area contributed by atoms with Crippen molar-refractivity contribution in [3.63, 3.8) is 0 Å². The van der Waals surface area contributed by atoms with Gasteiger partial charge >= 0.3 is 0 Å². The van der Waals surface area contributed by atoms with Crippen LogP contribution in [0.25, 0.3) is 5.57 Å². The number of thioether (sulfide) groups is 1. The average molecular weight is 486 g/mol. The van der Waals surface area contributed by atoms with E-state index < -0.39 is 0 Å². The van der Waals surface area contributed by atoms with Crippen LogP contribution in [0.5, 0.6) is 17.2 Å². The van der Waals surface area contributed by atoms with Gasteiger partial charge in [-0.25, -0.2) is 0 Å². The lowest BCUT2D eigenvalue weighted by atomic mass is 10.0. The Kier molecular flexibility index (Phi) is 6.59. The molecule has 3 aromatic rings. The molecule has 0 bridgehead atoms. The molecule has 0 saturated carbocycles. The van der Waals surface area contributed by atoms with Gasteiger partial charge in [-0.2, -0.15) is 0 Å². The summed E-state index contributed by atoms with van der Waals surface area (Å²) in [5, 5.41) is 5.52. The minimum atomic E-state index is 0.567. The Morgan fingerprint density at radius 3 is 2.14 bits per heavy atom. The summed E-state index contributed by atoms with van der Waals surface area (Å²) in [5.41, 5.74) is 9.89. The maximum Gasteiger partial charge on any atom is 0.203 e. The molecule has 0 saturated heterocycles. The zero-order valence-electron chi connectivity index (χ0n) is 19.9. The molecule has 0 radical (unpaired) electrons. The highest BCUT2D eigenvalue weighted by atomic mass is 32.2. The van der Waals surface area contributed by atoms with E-state index in [1.165, 1.54) is 21.7 Å². The molecule has 0 atom stereocenters. The first-order chi connectivity index (χ1) is 17.2. The molecule has 2 heterocycles. The van der Waals surface area contributed by atoms with Crippen molar-refractivity contribution < 1.29 is 14.2 Å². The van der Waals surface area contributed by atoms with E-state index in [1.807, 2.05) is 42.1 Å². The molecular weight excluding hydrogens is 458 g/mol. The minimum absolute atomic E-state index is 0.567. The van der Waals surface area contributed by atoms with Crippen molar-refractivity contribution in [2.75, 3.05) is 37.8 Å². The molecule has 0 amide bonds. The zero-order valence-corrected chi connectivity index (χ0v) is 20.7. The van der Waals surface area contributed by atoms with Gasteiger partial charge < -0.3 is 19.5 Å². The summed E-state index contributed by atoms with van der Waals surface area (Å²) in [6, 6.07) is 22.4. The molecule has 35 heavy (non-hydrogen) atoms. The number of hydrazine groups is 1. The topological polar surface area (TPSA) is 55.0 Å². The lowest BCUT2D eigenvalue weighted by Gasteiger charge is -2.29. The van der Waals surface area contributed by atoms with E-state index in [-0.39, 0.29) is 0 Å². The first kappa shape index (κ1) is 22.8. The van der Waals surface area contributed by atoms with E-state index in [4.69, 9.17) is 14.2 Å². The SMILES string of the molecule is COc1cc(Nc2ccc(NN3C=C(c4ccccc4)C=C4SCC=C43)cc2)cc(OC)c1OC. The predicted molar refractivity (Wildman–Crippen MR) is 144 cm³/mol. The summed E-state index contributed by atoms with van der Waals surface area (Å²) in [4.78, 5) is 1.28. The fourth-order valence-corrected chi connectivity index (χ4v) is 5.03. The van der Waals surface area contributed by atoms with Gasteiger partial charge in [0.05, 0.1) is 32.7 Å². The first-order valence-corrected chi connectivity index (χ1v) is 12.2. The number of methoxy groups -OCH3 is 3. The second-order valence-electron chi connectivity index (χ2n) is 7.96. The van der Waals surface area contributed by atoms with Crippen LogP contribution < -0.4 is 25.0 Å². The van der Waals surface area contributed by atoms with Crippen LogP contribution in [0.1, 0.15) is 5.56 Å². The summed E-state index contributed by atoms with van der Waals surface area (Å²) in [7, 11) is 4.82. The molecule has 2 aliphatic rings. The smallest absolute Gasteiger partial charge is 0.203 e. The number of hydrogen-bond donors (Lipinski definition) is 2. The van der Waals surface area contributed by atoms with Gasteiger partial charge in [-0.3, -0.25) is 10.4 Å². The van der Waals surface area contributed by atoms with Gasteiger partial charge in [0.25, 0.3) is 0 Å². The monoisotopic (exact) mass is 485 g/mol.